The zero-order valence-electron chi connectivity index (χ0n) is 13.3. The zero-order valence-corrected chi connectivity index (χ0v) is 13.3. The van der Waals surface area contributed by atoms with Crippen LogP contribution in [0.4, 0.5) is 0 Å². The van der Waals surface area contributed by atoms with E-state index in [0.29, 0.717) is 0 Å². The molecule has 1 heterocycles. The van der Waals surface area contributed by atoms with Crippen LogP contribution < -0.4 is 5.32 Å². The van der Waals surface area contributed by atoms with Crippen LogP contribution in [0.15, 0.2) is 0 Å². The van der Waals surface area contributed by atoms with Gasteiger partial charge in [0, 0.05) is 12.1 Å². The van der Waals surface area contributed by atoms with Crippen molar-refractivity contribution < 1.29 is 0 Å². The molecule has 0 radical (unpaired) electrons. The highest BCUT2D eigenvalue weighted by Gasteiger charge is 2.24. The number of hydrogen-bond donors (Lipinski definition) is 1. The van der Waals surface area contributed by atoms with Gasteiger partial charge in [-0.25, -0.2) is 0 Å². The lowest BCUT2D eigenvalue weighted by Crippen LogP contribution is -2.46. The molecule has 0 aromatic heterocycles. The molecule has 2 heteroatoms. The van der Waals surface area contributed by atoms with Gasteiger partial charge in [0.05, 0.1) is 0 Å². The molecule has 1 N–H and O–H groups in total. The number of rotatable bonds is 4. The van der Waals surface area contributed by atoms with Crippen LogP contribution in [0.5, 0.6) is 0 Å². The van der Waals surface area contributed by atoms with Crippen LogP contribution in [-0.2, 0) is 0 Å². The molecule has 0 amide bonds. The van der Waals surface area contributed by atoms with Gasteiger partial charge < -0.3 is 10.2 Å². The molecule has 0 aromatic rings. The fourth-order valence-corrected chi connectivity index (χ4v) is 3.91. The molecule has 112 valence electrons. The third kappa shape index (κ3) is 4.75. The zero-order chi connectivity index (χ0) is 13.7. The van der Waals surface area contributed by atoms with Crippen molar-refractivity contribution >= 4 is 0 Å². The van der Waals surface area contributed by atoms with E-state index in [1.807, 2.05) is 0 Å². The van der Waals surface area contributed by atoms with E-state index in [0.717, 1.165) is 23.9 Å². The lowest BCUT2D eigenvalue weighted by Gasteiger charge is -2.34. The molecular formula is C17H34N2. The third-order valence-electron chi connectivity index (χ3n) is 5.46. The molecule has 0 spiro atoms. The van der Waals surface area contributed by atoms with Gasteiger partial charge in [-0.1, -0.05) is 33.6 Å². The Morgan fingerprint density at radius 3 is 2.26 bits per heavy atom. The van der Waals surface area contributed by atoms with Crippen LogP contribution in [0.2, 0.25) is 0 Å². The normalized spacial score (nSPS) is 31.6. The molecule has 19 heavy (non-hydrogen) atoms. The molecule has 0 aromatic carbocycles. The van der Waals surface area contributed by atoms with Crippen LogP contribution in [0.3, 0.4) is 0 Å². The lowest BCUT2D eigenvalue weighted by molar-refractivity contribution is 0.195. The summed E-state index contributed by atoms with van der Waals surface area (Å²) in [6.07, 6.45) is 9.89. The smallest absolute Gasteiger partial charge is 0.00940 e. The minimum absolute atomic E-state index is 0.795. The van der Waals surface area contributed by atoms with Gasteiger partial charge in [-0.3, -0.25) is 0 Å². The van der Waals surface area contributed by atoms with Crippen LogP contribution >= 0.6 is 0 Å². The van der Waals surface area contributed by atoms with Gasteiger partial charge in [0.2, 0.25) is 0 Å². The van der Waals surface area contributed by atoms with E-state index in [9.17, 15) is 0 Å². The van der Waals surface area contributed by atoms with Crippen molar-refractivity contribution in [3.8, 4) is 0 Å². The van der Waals surface area contributed by atoms with Gasteiger partial charge in [-0.15, -0.1) is 0 Å². The molecule has 1 saturated carbocycles. The maximum absolute atomic E-state index is 3.98. The van der Waals surface area contributed by atoms with E-state index < -0.39 is 0 Å². The van der Waals surface area contributed by atoms with Gasteiger partial charge in [0.15, 0.2) is 0 Å². The number of likely N-dealkylation sites (tertiary alicyclic amines) is 1. The van der Waals surface area contributed by atoms with Crippen molar-refractivity contribution in [1.82, 2.24) is 10.2 Å². The number of piperidine rings is 1. The Balaban J connectivity index is 1.71. The van der Waals surface area contributed by atoms with Crippen molar-refractivity contribution in [3.05, 3.63) is 0 Å². The Bertz CT molecular complexity index is 244. The minimum atomic E-state index is 0.795. The van der Waals surface area contributed by atoms with E-state index in [4.69, 9.17) is 0 Å². The summed E-state index contributed by atoms with van der Waals surface area (Å²) in [5.41, 5.74) is 0. The molecule has 2 aliphatic rings. The predicted octanol–water partition coefficient (Wildman–Crippen LogP) is 3.67. The van der Waals surface area contributed by atoms with Gasteiger partial charge in [-0.05, 0) is 63.6 Å². The van der Waals surface area contributed by atoms with Crippen LogP contribution in [0.25, 0.3) is 0 Å². The van der Waals surface area contributed by atoms with Gasteiger partial charge in [0.1, 0.15) is 0 Å². The Morgan fingerprint density at radius 1 is 0.947 bits per heavy atom. The first-order valence-electron chi connectivity index (χ1n) is 8.67. The van der Waals surface area contributed by atoms with Crippen molar-refractivity contribution in [2.75, 3.05) is 19.6 Å². The van der Waals surface area contributed by atoms with Crippen molar-refractivity contribution in [2.45, 2.75) is 77.8 Å². The molecule has 2 rings (SSSR count). The number of hydrogen-bond acceptors (Lipinski definition) is 2. The summed E-state index contributed by atoms with van der Waals surface area (Å²) in [5.74, 6) is 1.86. The second kappa shape index (κ2) is 7.64. The van der Waals surface area contributed by atoms with Gasteiger partial charge in [0.25, 0.3) is 0 Å². The standard InChI is InChI=1S/C17H34N2/c1-4-19-12-10-17(11-13-19)18-16-7-5-6-15(8-9-16)14(2)3/h14-18H,4-13H2,1-3H3. The topological polar surface area (TPSA) is 15.3 Å². The Kier molecular flexibility index (Phi) is 6.15. The van der Waals surface area contributed by atoms with E-state index in [1.165, 1.54) is 64.6 Å². The molecular weight excluding hydrogens is 232 g/mol. The molecule has 2 unspecified atom stereocenters. The third-order valence-corrected chi connectivity index (χ3v) is 5.46. The first-order chi connectivity index (χ1) is 9.19. The molecule has 2 fully saturated rings. The van der Waals surface area contributed by atoms with E-state index in [-0.39, 0.29) is 0 Å². The van der Waals surface area contributed by atoms with Crippen LogP contribution in [-0.4, -0.2) is 36.6 Å². The SMILES string of the molecule is CCN1CCC(NC2CCCC(C(C)C)CC2)CC1. The highest BCUT2D eigenvalue weighted by Crippen LogP contribution is 2.29. The highest BCUT2D eigenvalue weighted by atomic mass is 15.1. The number of nitrogens with one attached hydrogen (secondary N) is 1. The monoisotopic (exact) mass is 266 g/mol. The van der Waals surface area contributed by atoms with Crippen molar-refractivity contribution in [1.29, 1.82) is 0 Å². The van der Waals surface area contributed by atoms with Crippen LogP contribution in [0.1, 0.15) is 65.7 Å². The summed E-state index contributed by atoms with van der Waals surface area (Å²) < 4.78 is 0. The highest BCUT2D eigenvalue weighted by molar-refractivity contribution is 4.83. The second-order valence-corrected chi connectivity index (χ2v) is 7.08. The summed E-state index contributed by atoms with van der Waals surface area (Å²) in [6, 6.07) is 1.60. The Morgan fingerprint density at radius 2 is 1.63 bits per heavy atom. The maximum atomic E-state index is 3.98. The summed E-state index contributed by atoms with van der Waals surface area (Å²) in [5, 5.41) is 3.98. The Hall–Kier alpha value is -0.0800. The van der Waals surface area contributed by atoms with E-state index in [2.05, 4.69) is 31.0 Å². The average molecular weight is 266 g/mol. The van der Waals surface area contributed by atoms with E-state index in [1.54, 1.807) is 0 Å². The molecule has 1 aliphatic carbocycles. The fraction of sp³-hybridized carbons (Fsp3) is 1.00. The van der Waals surface area contributed by atoms with E-state index >= 15 is 0 Å². The summed E-state index contributed by atoms with van der Waals surface area (Å²) in [6.45, 7) is 10.9. The minimum Gasteiger partial charge on any atom is -0.311 e. The largest absolute Gasteiger partial charge is 0.311 e. The lowest BCUT2D eigenvalue weighted by atomic mass is 9.89. The molecule has 2 atom stereocenters. The van der Waals surface area contributed by atoms with Crippen molar-refractivity contribution in [2.24, 2.45) is 11.8 Å². The first kappa shape index (κ1) is 15.3. The van der Waals surface area contributed by atoms with Crippen LogP contribution in [0, 0.1) is 11.8 Å². The first-order valence-corrected chi connectivity index (χ1v) is 8.67. The molecule has 1 aliphatic heterocycles. The fourth-order valence-electron chi connectivity index (χ4n) is 3.91. The summed E-state index contributed by atoms with van der Waals surface area (Å²) in [4.78, 5) is 2.58. The molecule has 2 nitrogen and oxygen atoms in total. The molecule has 1 saturated heterocycles. The summed E-state index contributed by atoms with van der Waals surface area (Å²) >= 11 is 0. The maximum Gasteiger partial charge on any atom is 0.00940 e. The molecule has 0 bridgehead atoms. The summed E-state index contributed by atoms with van der Waals surface area (Å²) in [7, 11) is 0. The Labute approximate surface area is 120 Å². The second-order valence-electron chi connectivity index (χ2n) is 7.08. The van der Waals surface area contributed by atoms with Gasteiger partial charge >= 0.3 is 0 Å². The van der Waals surface area contributed by atoms with Gasteiger partial charge in [-0.2, -0.15) is 0 Å². The average Bonchev–Trinajstić information content (AvgIpc) is 2.65. The number of nitrogens with zero attached hydrogens (tertiary/aromatic N) is 1. The predicted molar refractivity (Wildman–Crippen MR) is 83.5 cm³/mol. The quantitative estimate of drug-likeness (QED) is 0.781. The van der Waals surface area contributed by atoms with Crippen molar-refractivity contribution in [3.63, 3.8) is 0 Å².